The van der Waals surface area contributed by atoms with E-state index in [0.717, 1.165) is 0 Å². The fraction of sp³-hybridized carbons (Fsp3) is 0.667. The molecule has 0 rings (SSSR count). The van der Waals surface area contributed by atoms with Gasteiger partial charge in [0.2, 0.25) is 11.6 Å². The highest BCUT2D eigenvalue weighted by molar-refractivity contribution is 6.33. The fourth-order valence-corrected chi connectivity index (χ4v) is 0.882. The zero-order valence-electron chi connectivity index (χ0n) is 11.8. The molecule has 0 radical (unpaired) electrons. The van der Waals surface area contributed by atoms with Crippen LogP contribution in [0, 0.1) is 5.92 Å². The van der Waals surface area contributed by atoms with Crippen LogP contribution < -0.4 is 0 Å². The van der Waals surface area contributed by atoms with Gasteiger partial charge in [-0.3, -0.25) is 9.59 Å². The average molecular weight is 292 g/mol. The molecule has 0 aliphatic carbocycles. The van der Waals surface area contributed by atoms with Crippen LogP contribution in [0.4, 0.5) is 0 Å². The SMILES string of the molecule is CC(C)(O)CC(=O)C(=O)O.CC(O)C(C)C(=O)C(=O)O. The summed E-state index contributed by atoms with van der Waals surface area (Å²) in [5.41, 5.74) is -1.23. The number of ketones is 2. The summed E-state index contributed by atoms with van der Waals surface area (Å²) < 4.78 is 0. The van der Waals surface area contributed by atoms with Gasteiger partial charge < -0.3 is 20.4 Å². The number of rotatable bonds is 6. The number of hydrogen-bond donors (Lipinski definition) is 4. The van der Waals surface area contributed by atoms with E-state index in [4.69, 9.17) is 20.4 Å². The third kappa shape index (κ3) is 10.2. The van der Waals surface area contributed by atoms with E-state index in [1.807, 2.05) is 0 Å². The Morgan fingerprint density at radius 2 is 1.40 bits per heavy atom. The predicted octanol–water partition coefficient (Wildman–Crippen LogP) is -0.542. The van der Waals surface area contributed by atoms with Gasteiger partial charge in [-0.2, -0.15) is 0 Å². The standard InChI is InChI=1S/2C6H10O4/c1-6(2,10)3-4(7)5(8)9;1-3(4(2)7)5(8)6(9)10/h10H,3H2,1-2H3,(H,8,9);3-4,7H,1-2H3,(H,9,10). The van der Waals surface area contributed by atoms with Gasteiger partial charge in [-0.05, 0) is 20.8 Å². The molecule has 0 aromatic carbocycles. The van der Waals surface area contributed by atoms with Crippen molar-refractivity contribution in [3.63, 3.8) is 0 Å². The van der Waals surface area contributed by atoms with Crippen molar-refractivity contribution >= 4 is 23.5 Å². The Balaban J connectivity index is 0. The molecule has 116 valence electrons. The average Bonchev–Trinajstić information content (AvgIpc) is 2.25. The van der Waals surface area contributed by atoms with E-state index >= 15 is 0 Å². The monoisotopic (exact) mass is 292 g/mol. The van der Waals surface area contributed by atoms with Crippen molar-refractivity contribution in [2.24, 2.45) is 5.92 Å². The van der Waals surface area contributed by atoms with E-state index in [1.54, 1.807) is 0 Å². The number of carboxylic acid groups (broad SMARTS) is 2. The molecule has 0 aliphatic heterocycles. The van der Waals surface area contributed by atoms with Crippen LogP contribution in [0.5, 0.6) is 0 Å². The number of aliphatic hydroxyl groups is 2. The second kappa shape index (κ2) is 8.39. The maximum absolute atomic E-state index is 10.5. The van der Waals surface area contributed by atoms with Gasteiger partial charge in [0.1, 0.15) is 0 Å². The summed E-state index contributed by atoms with van der Waals surface area (Å²) in [4.78, 5) is 40.8. The Morgan fingerprint density at radius 1 is 1.00 bits per heavy atom. The summed E-state index contributed by atoms with van der Waals surface area (Å²) in [5.74, 6) is -5.73. The van der Waals surface area contributed by atoms with Crippen LogP contribution in [0.25, 0.3) is 0 Å². The first kappa shape index (κ1) is 20.5. The third-order valence-electron chi connectivity index (χ3n) is 2.18. The lowest BCUT2D eigenvalue weighted by molar-refractivity contribution is -0.152. The summed E-state index contributed by atoms with van der Waals surface area (Å²) in [6.45, 7) is 5.52. The molecule has 8 heteroatoms. The van der Waals surface area contributed by atoms with Crippen LogP contribution in [-0.4, -0.2) is 55.6 Å². The van der Waals surface area contributed by atoms with Crippen LogP contribution in [0.2, 0.25) is 0 Å². The second-order valence-electron chi connectivity index (χ2n) is 4.92. The number of aliphatic hydroxyl groups excluding tert-OH is 1. The zero-order chi connectivity index (χ0) is 16.7. The number of hydrogen-bond acceptors (Lipinski definition) is 6. The molecule has 20 heavy (non-hydrogen) atoms. The molecular formula is C12H20O8. The minimum Gasteiger partial charge on any atom is -0.475 e. The summed E-state index contributed by atoms with van der Waals surface area (Å²) in [5, 5.41) is 33.9. The fourth-order valence-electron chi connectivity index (χ4n) is 0.882. The lowest BCUT2D eigenvalue weighted by atomic mass is 10.0. The Morgan fingerprint density at radius 3 is 1.50 bits per heavy atom. The van der Waals surface area contributed by atoms with Gasteiger partial charge in [-0.1, -0.05) is 6.92 Å². The summed E-state index contributed by atoms with van der Waals surface area (Å²) in [6.07, 6.45) is -1.24. The molecule has 2 atom stereocenters. The highest BCUT2D eigenvalue weighted by Gasteiger charge is 2.24. The van der Waals surface area contributed by atoms with Crippen molar-refractivity contribution in [1.82, 2.24) is 0 Å². The molecule has 0 spiro atoms. The van der Waals surface area contributed by atoms with Crippen molar-refractivity contribution < 1.29 is 39.6 Å². The first-order valence-electron chi connectivity index (χ1n) is 5.73. The molecule has 0 amide bonds. The molecule has 2 unspecified atom stereocenters. The summed E-state index contributed by atoms with van der Waals surface area (Å²) in [6, 6.07) is 0. The predicted molar refractivity (Wildman–Crippen MR) is 67.0 cm³/mol. The third-order valence-corrected chi connectivity index (χ3v) is 2.18. The Bertz CT molecular complexity index is 377. The summed E-state index contributed by atoms with van der Waals surface area (Å²) >= 11 is 0. The summed E-state index contributed by atoms with van der Waals surface area (Å²) in [7, 11) is 0. The van der Waals surface area contributed by atoms with Gasteiger partial charge in [0.25, 0.3) is 0 Å². The lowest BCUT2D eigenvalue weighted by Crippen LogP contribution is -2.28. The van der Waals surface area contributed by atoms with E-state index in [-0.39, 0.29) is 6.42 Å². The first-order chi connectivity index (χ1) is 8.79. The topological polar surface area (TPSA) is 149 Å². The minimum absolute atomic E-state index is 0.345. The van der Waals surface area contributed by atoms with Gasteiger partial charge in [0, 0.05) is 6.42 Å². The number of aliphatic carboxylic acids is 2. The number of carbonyl (C=O) groups excluding carboxylic acids is 2. The molecule has 0 saturated carbocycles. The van der Waals surface area contributed by atoms with E-state index in [2.05, 4.69) is 0 Å². The Labute approximate surface area is 116 Å². The molecule has 0 aliphatic rings. The van der Waals surface area contributed by atoms with Crippen LogP contribution in [0.3, 0.4) is 0 Å². The molecule has 4 N–H and O–H groups in total. The molecule has 0 saturated heterocycles. The highest BCUT2D eigenvalue weighted by Crippen LogP contribution is 2.07. The minimum atomic E-state index is -1.50. The Hall–Kier alpha value is -1.80. The van der Waals surface area contributed by atoms with E-state index in [1.165, 1.54) is 27.7 Å². The van der Waals surface area contributed by atoms with Gasteiger partial charge in [0.15, 0.2) is 0 Å². The maximum atomic E-state index is 10.5. The van der Waals surface area contributed by atoms with E-state index in [9.17, 15) is 19.2 Å². The number of carboxylic acids is 2. The largest absolute Gasteiger partial charge is 0.475 e. The Kier molecular flexibility index (Phi) is 8.60. The van der Waals surface area contributed by atoms with E-state index < -0.39 is 41.1 Å². The van der Waals surface area contributed by atoms with Crippen LogP contribution in [-0.2, 0) is 19.2 Å². The van der Waals surface area contributed by atoms with Crippen molar-refractivity contribution in [2.75, 3.05) is 0 Å². The van der Waals surface area contributed by atoms with E-state index in [0.29, 0.717) is 0 Å². The number of carbonyl (C=O) groups is 4. The zero-order valence-corrected chi connectivity index (χ0v) is 11.8. The maximum Gasteiger partial charge on any atom is 0.372 e. The molecule has 8 nitrogen and oxygen atoms in total. The first-order valence-corrected chi connectivity index (χ1v) is 5.73. The van der Waals surface area contributed by atoms with Crippen molar-refractivity contribution in [2.45, 2.75) is 45.8 Å². The van der Waals surface area contributed by atoms with Crippen molar-refractivity contribution in [3.8, 4) is 0 Å². The number of Topliss-reactive ketones (excluding diaryl/α,β-unsaturated/α-hetero) is 2. The molecular weight excluding hydrogens is 272 g/mol. The molecule has 0 aromatic heterocycles. The van der Waals surface area contributed by atoms with Crippen molar-refractivity contribution in [3.05, 3.63) is 0 Å². The van der Waals surface area contributed by atoms with Crippen LogP contribution in [0.1, 0.15) is 34.1 Å². The molecule has 0 aromatic rings. The molecule has 0 bridgehead atoms. The molecule has 0 fully saturated rings. The second-order valence-corrected chi connectivity index (χ2v) is 4.92. The van der Waals surface area contributed by atoms with Crippen LogP contribution in [0.15, 0.2) is 0 Å². The van der Waals surface area contributed by atoms with Gasteiger partial charge in [-0.15, -0.1) is 0 Å². The lowest BCUT2D eigenvalue weighted by Gasteiger charge is -2.13. The smallest absolute Gasteiger partial charge is 0.372 e. The quantitative estimate of drug-likeness (QED) is 0.477. The van der Waals surface area contributed by atoms with Gasteiger partial charge in [-0.25, -0.2) is 9.59 Å². The van der Waals surface area contributed by atoms with Gasteiger partial charge >= 0.3 is 11.9 Å². The molecule has 0 heterocycles. The van der Waals surface area contributed by atoms with Crippen LogP contribution >= 0.6 is 0 Å². The highest BCUT2D eigenvalue weighted by atomic mass is 16.4. The van der Waals surface area contributed by atoms with Gasteiger partial charge in [0.05, 0.1) is 17.6 Å². The normalized spacial score (nSPS) is 13.5. The van der Waals surface area contributed by atoms with Crippen molar-refractivity contribution in [1.29, 1.82) is 0 Å².